The van der Waals surface area contributed by atoms with Gasteiger partial charge in [-0.15, -0.1) is 0 Å². The van der Waals surface area contributed by atoms with Gasteiger partial charge in [0.2, 0.25) is 0 Å². The zero-order valence-electron chi connectivity index (χ0n) is 19.0. The van der Waals surface area contributed by atoms with Crippen molar-refractivity contribution in [2.75, 3.05) is 0 Å². The van der Waals surface area contributed by atoms with Crippen molar-refractivity contribution in [2.45, 2.75) is 72.5 Å². The maximum absolute atomic E-state index is 13.2. The van der Waals surface area contributed by atoms with Gasteiger partial charge in [-0.25, -0.2) is 14.2 Å². The maximum Gasteiger partial charge on any atom is 0.337 e. The minimum Gasteiger partial charge on any atom is -0.457 e. The molecule has 0 amide bonds. The first kappa shape index (κ1) is 22.7. The number of hydrogen-bond acceptors (Lipinski definition) is 5. The highest BCUT2D eigenvalue weighted by Gasteiger charge is 2.40. The summed E-state index contributed by atoms with van der Waals surface area (Å²) >= 11 is 0. The molecule has 1 aromatic rings. The van der Waals surface area contributed by atoms with Crippen molar-refractivity contribution in [3.63, 3.8) is 0 Å². The maximum atomic E-state index is 13.2. The number of rotatable bonds is 3. The van der Waals surface area contributed by atoms with Crippen LogP contribution in [0.3, 0.4) is 0 Å². The zero-order valence-corrected chi connectivity index (χ0v) is 19.0. The number of carbonyl (C=O) groups is 2. The molecule has 1 aromatic heterocycles. The lowest BCUT2D eigenvalue weighted by atomic mass is 9.81. The standard InChI is InChI=1S/C23H32N2O4/c1-14-17(20(26)28-22(3,4)5)19(16-11-10-12-25(9)13-16)18(15(2)24-14)21(27)29-23(6,7)8/h10-13,19H,1-9H3/p+1. The molecule has 0 aromatic carbocycles. The molecule has 2 rings (SSSR count). The molecular formula is C23H33N2O4+. The van der Waals surface area contributed by atoms with Crippen LogP contribution in [-0.4, -0.2) is 23.1 Å². The van der Waals surface area contributed by atoms with Crippen LogP contribution < -0.4 is 9.88 Å². The van der Waals surface area contributed by atoms with Crippen molar-refractivity contribution in [1.82, 2.24) is 5.32 Å². The first-order valence-electron chi connectivity index (χ1n) is 9.80. The predicted molar refractivity (Wildman–Crippen MR) is 111 cm³/mol. The van der Waals surface area contributed by atoms with Crippen molar-refractivity contribution < 1.29 is 23.6 Å². The van der Waals surface area contributed by atoms with E-state index < -0.39 is 29.1 Å². The third kappa shape index (κ3) is 5.68. The Morgan fingerprint density at radius 2 is 1.38 bits per heavy atom. The summed E-state index contributed by atoms with van der Waals surface area (Å²) in [7, 11) is 1.90. The van der Waals surface area contributed by atoms with E-state index in [1.165, 1.54) is 0 Å². The summed E-state index contributed by atoms with van der Waals surface area (Å²) in [5.74, 6) is -1.49. The molecule has 6 nitrogen and oxygen atoms in total. The van der Waals surface area contributed by atoms with E-state index in [-0.39, 0.29) is 0 Å². The molecule has 0 bridgehead atoms. The van der Waals surface area contributed by atoms with Gasteiger partial charge >= 0.3 is 11.9 Å². The van der Waals surface area contributed by atoms with Crippen molar-refractivity contribution in [3.8, 4) is 0 Å². The molecule has 0 saturated heterocycles. The molecule has 0 unspecified atom stereocenters. The van der Waals surface area contributed by atoms with Crippen LogP contribution >= 0.6 is 0 Å². The Bertz CT molecular complexity index is 833. The normalized spacial score (nSPS) is 15.9. The quantitative estimate of drug-likeness (QED) is 0.621. The Balaban J connectivity index is 2.65. The number of esters is 2. The highest BCUT2D eigenvalue weighted by atomic mass is 16.6. The fourth-order valence-corrected chi connectivity index (χ4v) is 3.32. The lowest BCUT2D eigenvalue weighted by Gasteiger charge is -2.32. The van der Waals surface area contributed by atoms with E-state index in [0.717, 1.165) is 5.56 Å². The van der Waals surface area contributed by atoms with Crippen molar-refractivity contribution in [3.05, 3.63) is 52.6 Å². The molecule has 0 atom stereocenters. The molecule has 2 heterocycles. The van der Waals surface area contributed by atoms with Crippen molar-refractivity contribution in [1.29, 1.82) is 0 Å². The second-order valence-corrected chi connectivity index (χ2v) is 9.44. The monoisotopic (exact) mass is 401 g/mol. The van der Waals surface area contributed by atoms with Gasteiger partial charge in [0, 0.05) is 23.0 Å². The van der Waals surface area contributed by atoms with Gasteiger partial charge in [-0.1, -0.05) is 0 Å². The van der Waals surface area contributed by atoms with E-state index in [0.29, 0.717) is 22.5 Å². The number of nitrogens with one attached hydrogen (secondary N) is 1. The third-order valence-electron chi connectivity index (χ3n) is 4.29. The summed E-state index contributed by atoms with van der Waals surface area (Å²) in [6.07, 6.45) is 3.81. The molecule has 29 heavy (non-hydrogen) atoms. The first-order chi connectivity index (χ1) is 13.2. The van der Waals surface area contributed by atoms with Gasteiger partial charge in [0.25, 0.3) is 0 Å². The second kappa shape index (κ2) is 8.01. The summed E-state index contributed by atoms with van der Waals surface area (Å²) in [4.78, 5) is 26.3. The first-order valence-corrected chi connectivity index (χ1v) is 9.80. The zero-order chi connectivity index (χ0) is 22.1. The fourth-order valence-electron chi connectivity index (χ4n) is 3.32. The third-order valence-corrected chi connectivity index (χ3v) is 4.29. The van der Waals surface area contributed by atoms with Crippen LogP contribution in [0.15, 0.2) is 47.1 Å². The number of carbonyl (C=O) groups excluding carboxylic acids is 2. The summed E-state index contributed by atoms with van der Waals surface area (Å²) in [6.45, 7) is 14.6. The minimum atomic E-state index is -0.654. The van der Waals surface area contributed by atoms with Gasteiger partial charge in [-0.05, 0) is 61.5 Å². The van der Waals surface area contributed by atoms with E-state index in [4.69, 9.17) is 9.47 Å². The van der Waals surface area contributed by atoms with Crippen LogP contribution in [0.5, 0.6) is 0 Å². The van der Waals surface area contributed by atoms with Gasteiger partial charge in [0.05, 0.1) is 17.1 Å². The van der Waals surface area contributed by atoms with Gasteiger partial charge in [-0.3, -0.25) is 0 Å². The fraction of sp³-hybridized carbons (Fsp3) is 0.522. The average Bonchev–Trinajstić information content (AvgIpc) is 2.50. The molecule has 1 aliphatic heterocycles. The van der Waals surface area contributed by atoms with E-state index >= 15 is 0 Å². The van der Waals surface area contributed by atoms with Crippen LogP contribution in [0, 0.1) is 0 Å². The largest absolute Gasteiger partial charge is 0.457 e. The van der Waals surface area contributed by atoms with Gasteiger partial charge in [0.15, 0.2) is 12.4 Å². The molecular weight excluding hydrogens is 368 g/mol. The molecule has 1 N–H and O–H groups in total. The van der Waals surface area contributed by atoms with Gasteiger partial charge in [0.1, 0.15) is 18.2 Å². The van der Waals surface area contributed by atoms with E-state index in [1.54, 1.807) is 0 Å². The number of allylic oxidation sites excluding steroid dienone is 2. The molecule has 0 fully saturated rings. The Labute approximate surface area is 173 Å². The molecule has 0 radical (unpaired) electrons. The molecule has 0 aliphatic carbocycles. The Morgan fingerprint density at radius 1 is 0.931 bits per heavy atom. The smallest absolute Gasteiger partial charge is 0.337 e. The van der Waals surface area contributed by atoms with E-state index in [2.05, 4.69) is 5.32 Å². The molecule has 1 aliphatic rings. The number of dihydropyridines is 1. The second-order valence-electron chi connectivity index (χ2n) is 9.44. The van der Waals surface area contributed by atoms with Crippen molar-refractivity contribution >= 4 is 11.9 Å². The van der Waals surface area contributed by atoms with Crippen molar-refractivity contribution in [2.24, 2.45) is 7.05 Å². The number of ether oxygens (including phenoxy) is 2. The van der Waals surface area contributed by atoms with Crippen LogP contribution in [0.1, 0.15) is 66.9 Å². The predicted octanol–water partition coefficient (Wildman–Crippen LogP) is 3.43. The summed E-state index contributed by atoms with van der Waals surface area (Å²) < 4.78 is 13.2. The van der Waals surface area contributed by atoms with Gasteiger partial charge in [-0.2, -0.15) is 0 Å². The van der Waals surface area contributed by atoms with E-state index in [9.17, 15) is 9.59 Å². The lowest BCUT2D eigenvalue weighted by Crippen LogP contribution is -2.37. The van der Waals surface area contributed by atoms with Gasteiger partial charge < -0.3 is 14.8 Å². The number of aromatic nitrogens is 1. The minimum absolute atomic E-state index is 0.414. The summed E-state index contributed by atoms with van der Waals surface area (Å²) in [5.41, 5.74) is 1.67. The molecule has 158 valence electrons. The molecule has 6 heteroatoms. The van der Waals surface area contributed by atoms with Crippen LogP contribution in [0.2, 0.25) is 0 Å². The Morgan fingerprint density at radius 3 is 1.76 bits per heavy atom. The SMILES string of the molecule is CC1=C(C(=O)OC(C)(C)C)C(c2ccc[n+](C)c2)C(C(=O)OC(C)(C)C)=C(C)N1. The number of nitrogens with zero attached hydrogens (tertiary/aromatic N) is 1. The van der Waals surface area contributed by atoms with E-state index in [1.807, 2.05) is 91.5 Å². The van der Waals surface area contributed by atoms with Crippen LogP contribution in [0.25, 0.3) is 0 Å². The van der Waals surface area contributed by atoms with Crippen LogP contribution in [0.4, 0.5) is 0 Å². The number of hydrogen-bond donors (Lipinski definition) is 1. The summed E-state index contributed by atoms with van der Waals surface area (Å²) in [5, 5.41) is 3.18. The highest BCUT2D eigenvalue weighted by molar-refractivity contribution is 6.00. The number of aryl methyl sites for hydroxylation is 1. The topological polar surface area (TPSA) is 68.5 Å². The lowest BCUT2D eigenvalue weighted by molar-refractivity contribution is -0.671. The summed E-state index contributed by atoms with van der Waals surface area (Å²) in [6, 6.07) is 3.80. The highest BCUT2D eigenvalue weighted by Crippen LogP contribution is 2.39. The average molecular weight is 402 g/mol. The molecule has 0 saturated carbocycles. The Kier molecular flexibility index (Phi) is 6.26. The van der Waals surface area contributed by atoms with Crippen LogP contribution in [-0.2, 0) is 26.1 Å². The molecule has 0 spiro atoms. The Hall–Kier alpha value is -2.63. The number of pyridine rings is 1.